The molecule has 4 aliphatic rings. The summed E-state index contributed by atoms with van der Waals surface area (Å²) in [5, 5.41) is 14.2. The Labute approximate surface area is 212 Å². The predicted octanol–water partition coefficient (Wildman–Crippen LogP) is 4.61. The van der Waals surface area contributed by atoms with Crippen molar-refractivity contribution in [1.82, 2.24) is 5.32 Å². The second kappa shape index (κ2) is 7.58. The molecule has 6 heteroatoms. The average molecular weight is 490 g/mol. The van der Waals surface area contributed by atoms with Crippen LogP contribution in [0.5, 0.6) is 11.5 Å². The zero-order chi connectivity index (χ0) is 25.6. The van der Waals surface area contributed by atoms with Crippen molar-refractivity contribution in [2.45, 2.75) is 71.1 Å². The van der Waals surface area contributed by atoms with E-state index in [-0.39, 0.29) is 29.4 Å². The molecule has 0 saturated heterocycles. The summed E-state index contributed by atoms with van der Waals surface area (Å²) in [6.45, 7) is 8.49. The van der Waals surface area contributed by atoms with E-state index in [1.165, 1.54) is 0 Å². The fraction of sp³-hybridized carbons (Fsp3) is 0.533. The van der Waals surface area contributed by atoms with Crippen molar-refractivity contribution >= 4 is 11.7 Å². The molecule has 2 aromatic carbocycles. The molecule has 6 rings (SSSR count). The van der Waals surface area contributed by atoms with Crippen molar-refractivity contribution in [3.05, 3.63) is 58.7 Å². The van der Waals surface area contributed by atoms with Crippen LogP contribution in [-0.2, 0) is 11.2 Å². The van der Waals surface area contributed by atoms with Crippen molar-refractivity contribution in [2.75, 3.05) is 7.11 Å². The first-order valence-corrected chi connectivity index (χ1v) is 13.1. The van der Waals surface area contributed by atoms with Gasteiger partial charge in [0.25, 0.3) is 5.91 Å². The summed E-state index contributed by atoms with van der Waals surface area (Å²) < 4.78 is 12.9. The molecule has 2 aliphatic heterocycles. The van der Waals surface area contributed by atoms with Gasteiger partial charge in [0, 0.05) is 39.9 Å². The Bertz CT molecular complexity index is 1280. The van der Waals surface area contributed by atoms with Gasteiger partial charge in [0.05, 0.1) is 13.2 Å². The number of Topliss-reactive ketones (excluding diaryl/α,β-unsaturated/α-hetero) is 1. The standard InChI is InChI=1S/C30H35NO5/c1-16-10-13-22-28(2,3)26(33)20(32)15-30(22)29(16,4)14-17-11-12-19-23(25(17)36-30)24(31-27(19)34)18-8-6-7-9-21(18)35-5/h6-9,11-12,16,20,22,24,32H,10,13-15H2,1-5H3,(H,31,34)/t16-,20+,22-,24+,29+,30-/m0/s1. The number of amides is 1. The van der Waals surface area contributed by atoms with Crippen LogP contribution in [0.1, 0.15) is 80.0 Å². The van der Waals surface area contributed by atoms with Gasteiger partial charge in [0.15, 0.2) is 5.78 Å². The van der Waals surface area contributed by atoms with Crippen molar-refractivity contribution in [2.24, 2.45) is 22.7 Å². The first kappa shape index (κ1) is 23.5. The fourth-order valence-electron chi connectivity index (χ4n) is 8.02. The Morgan fingerprint density at radius 1 is 1.08 bits per heavy atom. The number of aliphatic hydroxyl groups excluding tert-OH is 1. The summed E-state index contributed by atoms with van der Waals surface area (Å²) in [4.78, 5) is 26.3. The molecule has 0 bridgehead atoms. The third-order valence-corrected chi connectivity index (χ3v) is 10.2. The highest BCUT2D eigenvalue weighted by Crippen LogP contribution is 2.66. The number of rotatable bonds is 2. The van der Waals surface area contributed by atoms with Crippen LogP contribution in [0.15, 0.2) is 36.4 Å². The molecule has 2 fully saturated rings. The number of benzene rings is 2. The van der Waals surface area contributed by atoms with Gasteiger partial charge >= 0.3 is 0 Å². The second-order valence-corrected chi connectivity index (χ2v) is 12.1. The van der Waals surface area contributed by atoms with Gasteiger partial charge in [-0.1, -0.05) is 52.0 Å². The fourth-order valence-corrected chi connectivity index (χ4v) is 8.02. The van der Waals surface area contributed by atoms with E-state index in [1.807, 2.05) is 50.2 Å². The van der Waals surface area contributed by atoms with E-state index < -0.39 is 23.2 Å². The van der Waals surface area contributed by atoms with Gasteiger partial charge in [0.2, 0.25) is 0 Å². The number of nitrogens with one attached hydrogen (secondary N) is 1. The third-order valence-electron chi connectivity index (χ3n) is 10.2. The SMILES string of the molecule is COc1ccccc1[C@H]1NC(=O)c2ccc3c(c21)O[C@@]12C[C@@H](O)C(=O)C(C)(C)[C@@H]1CC[C@H](C)[C@@]2(C)C3. The van der Waals surface area contributed by atoms with Crippen LogP contribution in [0.4, 0.5) is 0 Å². The monoisotopic (exact) mass is 489 g/mol. The van der Waals surface area contributed by atoms with Crippen LogP contribution in [0, 0.1) is 22.7 Å². The van der Waals surface area contributed by atoms with Crippen molar-refractivity contribution in [3.8, 4) is 11.5 Å². The molecule has 0 radical (unpaired) electrons. The molecule has 0 aromatic heterocycles. The normalized spacial score (nSPS) is 36.1. The Morgan fingerprint density at radius 3 is 2.58 bits per heavy atom. The molecular weight excluding hydrogens is 454 g/mol. The maximum atomic E-state index is 13.2. The van der Waals surface area contributed by atoms with Gasteiger partial charge in [-0.25, -0.2) is 0 Å². The minimum atomic E-state index is -1.07. The number of para-hydroxylation sites is 1. The van der Waals surface area contributed by atoms with Gasteiger partial charge in [-0.3, -0.25) is 9.59 Å². The molecule has 1 spiro atoms. The van der Waals surface area contributed by atoms with E-state index in [0.717, 1.165) is 41.7 Å². The minimum Gasteiger partial charge on any atom is -0.496 e. The molecular formula is C30H35NO5. The van der Waals surface area contributed by atoms with Gasteiger partial charge in [-0.15, -0.1) is 0 Å². The van der Waals surface area contributed by atoms with Crippen LogP contribution in [-0.4, -0.2) is 35.6 Å². The van der Waals surface area contributed by atoms with E-state index in [1.54, 1.807) is 7.11 Å². The lowest BCUT2D eigenvalue weighted by molar-refractivity contribution is -0.223. The minimum absolute atomic E-state index is 0.0270. The molecule has 2 aliphatic carbocycles. The molecule has 2 saturated carbocycles. The number of ketones is 1. The number of hydrogen-bond acceptors (Lipinski definition) is 5. The van der Waals surface area contributed by atoms with Crippen LogP contribution in [0.3, 0.4) is 0 Å². The number of methoxy groups -OCH3 is 1. The van der Waals surface area contributed by atoms with E-state index in [2.05, 4.69) is 19.2 Å². The molecule has 36 heavy (non-hydrogen) atoms. The highest BCUT2D eigenvalue weighted by molar-refractivity contribution is 6.01. The number of carbonyl (C=O) groups is 2. The lowest BCUT2D eigenvalue weighted by atomic mass is 9.43. The second-order valence-electron chi connectivity index (χ2n) is 12.1. The number of ether oxygens (including phenoxy) is 2. The van der Waals surface area contributed by atoms with Crippen LogP contribution < -0.4 is 14.8 Å². The van der Waals surface area contributed by atoms with E-state index in [4.69, 9.17) is 9.47 Å². The highest BCUT2D eigenvalue weighted by Gasteiger charge is 2.69. The van der Waals surface area contributed by atoms with E-state index >= 15 is 0 Å². The summed E-state index contributed by atoms with van der Waals surface area (Å²) in [5.41, 5.74) is 1.73. The highest BCUT2D eigenvalue weighted by atomic mass is 16.5. The van der Waals surface area contributed by atoms with Crippen LogP contribution >= 0.6 is 0 Å². The first-order chi connectivity index (χ1) is 17.0. The smallest absolute Gasteiger partial charge is 0.252 e. The number of carbonyl (C=O) groups excluding carboxylic acids is 2. The zero-order valence-corrected chi connectivity index (χ0v) is 21.7. The largest absolute Gasteiger partial charge is 0.496 e. The summed E-state index contributed by atoms with van der Waals surface area (Å²) in [7, 11) is 1.63. The zero-order valence-electron chi connectivity index (χ0n) is 21.7. The number of hydrogen-bond donors (Lipinski definition) is 2. The lowest BCUT2D eigenvalue weighted by Gasteiger charge is -2.66. The first-order valence-electron chi connectivity index (χ1n) is 13.1. The predicted molar refractivity (Wildman–Crippen MR) is 135 cm³/mol. The molecule has 2 heterocycles. The van der Waals surface area contributed by atoms with Gasteiger partial charge in [-0.2, -0.15) is 0 Å². The Hall–Kier alpha value is -2.86. The summed E-state index contributed by atoms with van der Waals surface area (Å²) in [5.74, 6) is 1.54. The van der Waals surface area contributed by atoms with Gasteiger partial charge in [-0.05, 0) is 42.9 Å². The lowest BCUT2D eigenvalue weighted by Crippen LogP contribution is -2.72. The Morgan fingerprint density at radius 2 is 1.83 bits per heavy atom. The number of aliphatic hydroxyl groups is 1. The maximum Gasteiger partial charge on any atom is 0.252 e. The molecule has 190 valence electrons. The Kier molecular flexibility index (Phi) is 4.95. The van der Waals surface area contributed by atoms with Crippen LogP contribution in [0.25, 0.3) is 0 Å². The van der Waals surface area contributed by atoms with E-state index in [9.17, 15) is 14.7 Å². The molecule has 2 aromatic rings. The van der Waals surface area contributed by atoms with Gasteiger partial charge in [0.1, 0.15) is 23.2 Å². The number of fused-ring (bicyclic) bond motifs is 3. The molecule has 1 amide bonds. The third kappa shape index (κ3) is 2.82. The summed E-state index contributed by atoms with van der Waals surface area (Å²) >= 11 is 0. The topological polar surface area (TPSA) is 84.9 Å². The summed E-state index contributed by atoms with van der Waals surface area (Å²) in [6.07, 6.45) is 1.88. The average Bonchev–Trinajstić information content (AvgIpc) is 3.19. The van der Waals surface area contributed by atoms with Crippen molar-refractivity contribution in [1.29, 1.82) is 0 Å². The summed E-state index contributed by atoms with van der Waals surface area (Å²) in [6, 6.07) is 11.3. The molecule has 6 nitrogen and oxygen atoms in total. The molecule has 6 atom stereocenters. The Balaban J connectivity index is 1.57. The van der Waals surface area contributed by atoms with Gasteiger partial charge < -0.3 is 19.9 Å². The molecule has 0 unspecified atom stereocenters. The molecule has 2 N–H and O–H groups in total. The van der Waals surface area contributed by atoms with Crippen molar-refractivity contribution < 1.29 is 24.2 Å². The quantitative estimate of drug-likeness (QED) is 0.643. The van der Waals surface area contributed by atoms with Crippen molar-refractivity contribution in [3.63, 3.8) is 0 Å². The van der Waals surface area contributed by atoms with Crippen LogP contribution in [0.2, 0.25) is 0 Å². The van der Waals surface area contributed by atoms with E-state index in [0.29, 0.717) is 17.2 Å². The maximum absolute atomic E-state index is 13.2.